The quantitative estimate of drug-likeness (QED) is 0.794. The summed E-state index contributed by atoms with van der Waals surface area (Å²) in [5.41, 5.74) is 5.81. The van der Waals surface area contributed by atoms with Gasteiger partial charge in [0.15, 0.2) is 0 Å². The minimum atomic E-state index is 0.228. The number of aromatic nitrogens is 2. The Morgan fingerprint density at radius 1 is 1.00 bits per heavy atom. The SMILES string of the molecule is CNC(Cc1ccccc1C)c1cccc2nccnc12. The molecule has 0 aliphatic heterocycles. The molecule has 0 radical (unpaired) electrons. The molecule has 0 fully saturated rings. The average molecular weight is 277 g/mol. The lowest BCUT2D eigenvalue weighted by molar-refractivity contribution is 0.594. The summed E-state index contributed by atoms with van der Waals surface area (Å²) < 4.78 is 0. The van der Waals surface area contributed by atoms with Gasteiger partial charge in [-0.1, -0.05) is 36.4 Å². The van der Waals surface area contributed by atoms with E-state index in [1.807, 2.05) is 13.1 Å². The van der Waals surface area contributed by atoms with Crippen molar-refractivity contribution >= 4 is 11.0 Å². The van der Waals surface area contributed by atoms with Crippen LogP contribution >= 0.6 is 0 Å². The van der Waals surface area contributed by atoms with E-state index in [-0.39, 0.29) is 6.04 Å². The van der Waals surface area contributed by atoms with Crippen molar-refractivity contribution in [3.8, 4) is 0 Å². The summed E-state index contributed by atoms with van der Waals surface area (Å²) in [5.74, 6) is 0. The van der Waals surface area contributed by atoms with Crippen molar-refractivity contribution in [1.82, 2.24) is 15.3 Å². The van der Waals surface area contributed by atoms with Gasteiger partial charge < -0.3 is 5.32 Å². The van der Waals surface area contributed by atoms with Gasteiger partial charge in [0, 0.05) is 18.4 Å². The van der Waals surface area contributed by atoms with E-state index >= 15 is 0 Å². The summed E-state index contributed by atoms with van der Waals surface area (Å²) in [4.78, 5) is 8.90. The second-order valence-electron chi connectivity index (χ2n) is 5.24. The number of likely N-dealkylation sites (N-methyl/N-ethyl adjacent to an activating group) is 1. The Hall–Kier alpha value is -2.26. The molecule has 106 valence electrons. The maximum Gasteiger partial charge on any atom is 0.0934 e. The van der Waals surface area contributed by atoms with E-state index < -0.39 is 0 Å². The molecule has 1 aromatic heterocycles. The summed E-state index contributed by atoms with van der Waals surface area (Å²) in [7, 11) is 2.00. The predicted octanol–water partition coefficient (Wildman–Crippen LogP) is 3.44. The number of aryl methyl sites for hydroxylation is 1. The second kappa shape index (κ2) is 6.02. The van der Waals surface area contributed by atoms with Crippen LogP contribution in [0.2, 0.25) is 0 Å². The van der Waals surface area contributed by atoms with Crippen molar-refractivity contribution in [2.75, 3.05) is 7.05 Å². The van der Waals surface area contributed by atoms with Crippen LogP contribution in [-0.4, -0.2) is 17.0 Å². The standard InChI is InChI=1S/C18H19N3/c1-13-6-3-4-7-14(13)12-17(19-2)15-8-5-9-16-18(15)21-11-10-20-16/h3-11,17,19H,12H2,1-2H3. The first-order chi connectivity index (χ1) is 10.3. The molecule has 3 aromatic rings. The first kappa shape index (κ1) is 13.7. The highest BCUT2D eigenvalue weighted by molar-refractivity contribution is 5.78. The molecule has 2 aromatic carbocycles. The van der Waals surface area contributed by atoms with Crippen molar-refractivity contribution < 1.29 is 0 Å². The molecule has 0 saturated heterocycles. The van der Waals surface area contributed by atoms with Gasteiger partial charge in [-0.25, -0.2) is 0 Å². The number of hydrogen-bond donors (Lipinski definition) is 1. The second-order valence-corrected chi connectivity index (χ2v) is 5.24. The summed E-state index contributed by atoms with van der Waals surface area (Å²) in [6.07, 6.45) is 4.44. The normalized spacial score (nSPS) is 12.5. The van der Waals surface area contributed by atoms with Crippen molar-refractivity contribution in [1.29, 1.82) is 0 Å². The Kier molecular flexibility index (Phi) is 3.93. The number of hydrogen-bond acceptors (Lipinski definition) is 3. The lowest BCUT2D eigenvalue weighted by Gasteiger charge is -2.19. The maximum absolute atomic E-state index is 4.51. The Balaban J connectivity index is 2.01. The molecule has 0 bridgehead atoms. The van der Waals surface area contributed by atoms with Gasteiger partial charge in [0.05, 0.1) is 11.0 Å². The molecule has 0 spiro atoms. The van der Waals surface area contributed by atoms with Gasteiger partial charge in [-0.05, 0) is 43.1 Å². The smallest absolute Gasteiger partial charge is 0.0934 e. The molecule has 1 heterocycles. The first-order valence-corrected chi connectivity index (χ1v) is 7.21. The minimum absolute atomic E-state index is 0.228. The highest BCUT2D eigenvalue weighted by atomic mass is 14.9. The minimum Gasteiger partial charge on any atom is -0.313 e. The molecule has 0 aliphatic carbocycles. The number of nitrogens with zero attached hydrogens (tertiary/aromatic N) is 2. The molecule has 1 unspecified atom stereocenters. The van der Waals surface area contributed by atoms with Crippen molar-refractivity contribution in [2.45, 2.75) is 19.4 Å². The molecule has 1 atom stereocenters. The fourth-order valence-corrected chi connectivity index (χ4v) is 2.72. The van der Waals surface area contributed by atoms with Gasteiger partial charge >= 0.3 is 0 Å². The highest BCUT2D eigenvalue weighted by Gasteiger charge is 2.15. The van der Waals surface area contributed by atoms with Crippen molar-refractivity contribution in [3.05, 3.63) is 71.5 Å². The molecule has 3 heteroatoms. The number of rotatable bonds is 4. The van der Waals surface area contributed by atoms with Gasteiger partial charge in [0.2, 0.25) is 0 Å². The molecule has 0 amide bonds. The van der Waals surface area contributed by atoms with E-state index in [2.05, 4.69) is 58.6 Å². The molecule has 21 heavy (non-hydrogen) atoms. The van der Waals surface area contributed by atoms with E-state index in [0.29, 0.717) is 0 Å². The fourth-order valence-electron chi connectivity index (χ4n) is 2.72. The zero-order chi connectivity index (χ0) is 14.7. The fraction of sp³-hybridized carbons (Fsp3) is 0.222. The molecule has 3 nitrogen and oxygen atoms in total. The topological polar surface area (TPSA) is 37.8 Å². The molecule has 3 rings (SSSR count). The highest BCUT2D eigenvalue weighted by Crippen LogP contribution is 2.25. The van der Waals surface area contributed by atoms with Gasteiger partial charge in [-0.2, -0.15) is 0 Å². The van der Waals surface area contributed by atoms with E-state index in [0.717, 1.165) is 17.5 Å². The van der Waals surface area contributed by atoms with Crippen LogP contribution in [0.4, 0.5) is 0 Å². The van der Waals surface area contributed by atoms with Crippen LogP contribution in [0.3, 0.4) is 0 Å². The summed E-state index contributed by atoms with van der Waals surface area (Å²) in [6.45, 7) is 2.16. The van der Waals surface area contributed by atoms with Crippen LogP contribution in [0.1, 0.15) is 22.7 Å². The summed E-state index contributed by atoms with van der Waals surface area (Å²) >= 11 is 0. The van der Waals surface area contributed by atoms with Crippen molar-refractivity contribution in [2.24, 2.45) is 0 Å². The Bertz CT molecular complexity index is 747. The van der Waals surface area contributed by atoms with E-state index in [1.165, 1.54) is 16.7 Å². The van der Waals surface area contributed by atoms with Crippen LogP contribution in [0.15, 0.2) is 54.9 Å². The van der Waals surface area contributed by atoms with Crippen LogP contribution < -0.4 is 5.32 Å². The summed E-state index contributed by atoms with van der Waals surface area (Å²) in [6, 6.07) is 14.9. The first-order valence-electron chi connectivity index (χ1n) is 7.21. The molecule has 1 N–H and O–H groups in total. The van der Waals surface area contributed by atoms with Gasteiger partial charge in [-0.3, -0.25) is 9.97 Å². The van der Waals surface area contributed by atoms with Gasteiger partial charge in [-0.15, -0.1) is 0 Å². The zero-order valence-electron chi connectivity index (χ0n) is 12.4. The van der Waals surface area contributed by atoms with E-state index in [4.69, 9.17) is 0 Å². The third-order valence-corrected chi connectivity index (χ3v) is 3.94. The Morgan fingerprint density at radius 2 is 1.81 bits per heavy atom. The van der Waals surface area contributed by atoms with Crippen LogP contribution in [0.25, 0.3) is 11.0 Å². The number of nitrogens with one attached hydrogen (secondary N) is 1. The van der Waals surface area contributed by atoms with Crippen LogP contribution in [0, 0.1) is 6.92 Å². The van der Waals surface area contributed by atoms with Crippen molar-refractivity contribution in [3.63, 3.8) is 0 Å². The molecular weight excluding hydrogens is 258 g/mol. The monoisotopic (exact) mass is 277 g/mol. The Labute approximate surface area is 125 Å². The lowest BCUT2D eigenvalue weighted by atomic mass is 9.95. The third-order valence-electron chi connectivity index (χ3n) is 3.94. The molecule has 0 aliphatic rings. The molecule has 0 saturated carbocycles. The number of fused-ring (bicyclic) bond motifs is 1. The van der Waals surface area contributed by atoms with E-state index in [9.17, 15) is 0 Å². The van der Waals surface area contributed by atoms with E-state index in [1.54, 1.807) is 12.4 Å². The number of para-hydroxylation sites is 1. The maximum atomic E-state index is 4.51. The number of benzene rings is 2. The Morgan fingerprint density at radius 3 is 2.62 bits per heavy atom. The summed E-state index contributed by atoms with van der Waals surface area (Å²) in [5, 5.41) is 3.42. The van der Waals surface area contributed by atoms with Gasteiger partial charge in [0.1, 0.15) is 0 Å². The lowest BCUT2D eigenvalue weighted by Crippen LogP contribution is -2.20. The molecular formula is C18H19N3. The average Bonchev–Trinajstić information content (AvgIpc) is 2.54. The van der Waals surface area contributed by atoms with Crippen LogP contribution in [-0.2, 0) is 6.42 Å². The largest absolute Gasteiger partial charge is 0.313 e. The predicted molar refractivity (Wildman–Crippen MR) is 86.2 cm³/mol. The third kappa shape index (κ3) is 2.78. The zero-order valence-corrected chi connectivity index (χ0v) is 12.4. The van der Waals surface area contributed by atoms with Gasteiger partial charge in [0.25, 0.3) is 0 Å². The van der Waals surface area contributed by atoms with Crippen LogP contribution in [0.5, 0.6) is 0 Å².